The smallest absolute Gasteiger partial charge is 0.267 e. The summed E-state index contributed by atoms with van der Waals surface area (Å²) in [6, 6.07) is 10.0. The number of nitrogens with zero attached hydrogens (tertiary/aromatic N) is 1. The fourth-order valence-corrected chi connectivity index (χ4v) is 3.55. The quantitative estimate of drug-likeness (QED) is 0.658. The van der Waals surface area contributed by atoms with E-state index in [9.17, 15) is 9.59 Å². The molecule has 30 heavy (non-hydrogen) atoms. The largest absolute Gasteiger partial charge is 0.479 e. The minimum Gasteiger partial charge on any atom is -0.479 e. The molecular weight excluding hydrogens is 427 g/mol. The van der Waals surface area contributed by atoms with Gasteiger partial charge in [-0.1, -0.05) is 37.0 Å². The van der Waals surface area contributed by atoms with Crippen LogP contribution in [-0.4, -0.2) is 30.6 Å². The van der Waals surface area contributed by atoms with E-state index in [2.05, 4.69) is 19.2 Å². The van der Waals surface area contributed by atoms with Gasteiger partial charge in [0.25, 0.3) is 11.8 Å². The van der Waals surface area contributed by atoms with Crippen molar-refractivity contribution in [3.63, 3.8) is 0 Å². The Kier molecular flexibility index (Phi) is 6.78. The number of anilines is 2. The van der Waals surface area contributed by atoms with Gasteiger partial charge in [0.15, 0.2) is 12.2 Å². The molecule has 2 amide bonds. The van der Waals surface area contributed by atoms with Gasteiger partial charge in [-0.25, -0.2) is 0 Å². The number of carbonyl (C=O) groups excluding carboxylic acids is 2. The van der Waals surface area contributed by atoms with Crippen LogP contribution in [0.2, 0.25) is 10.0 Å². The number of ether oxygens (including phenoxy) is 2. The predicted molar refractivity (Wildman–Crippen MR) is 119 cm³/mol. The number of amides is 2. The van der Waals surface area contributed by atoms with Crippen LogP contribution in [0.1, 0.15) is 27.7 Å². The monoisotopic (exact) mass is 450 g/mol. The first-order valence-electron chi connectivity index (χ1n) is 9.70. The maximum absolute atomic E-state index is 12.6. The van der Waals surface area contributed by atoms with E-state index in [1.165, 1.54) is 0 Å². The predicted octanol–water partition coefficient (Wildman–Crippen LogP) is 5.17. The lowest BCUT2D eigenvalue weighted by atomic mass is 10.1. The summed E-state index contributed by atoms with van der Waals surface area (Å²) < 4.78 is 11.4. The van der Waals surface area contributed by atoms with Crippen LogP contribution in [0.15, 0.2) is 36.4 Å². The number of fused-ring (bicyclic) bond motifs is 1. The average Bonchev–Trinajstić information content (AvgIpc) is 2.67. The SMILES string of the molecule is CC(C)CN1C(=O)C(C)Oc2cc(NC(=O)C(C)Oc3ccc(Cl)cc3Cl)ccc21. The summed E-state index contributed by atoms with van der Waals surface area (Å²) in [5.41, 5.74) is 1.24. The number of halogens is 2. The van der Waals surface area contributed by atoms with Gasteiger partial charge < -0.3 is 19.7 Å². The van der Waals surface area contributed by atoms with Gasteiger partial charge in [0.1, 0.15) is 11.5 Å². The molecule has 1 aliphatic heterocycles. The van der Waals surface area contributed by atoms with Gasteiger partial charge >= 0.3 is 0 Å². The summed E-state index contributed by atoms with van der Waals surface area (Å²) in [5, 5.41) is 3.62. The van der Waals surface area contributed by atoms with Crippen molar-refractivity contribution in [1.82, 2.24) is 0 Å². The molecule has 160 valence electrons. The van der Waals surface area contributed by atoms with Gasteiger partial charge in [-0.15, -0.1) is 0 Å². The van der Waals surface area contributed by atoms with E-state index in [1.807, 2.05) is 0 Å². The third kappa shape index (κ3) is 4.99. The summed E-state index contributed by atoms with van der Waals surface area (Å²) in [5.74, 6) is 0.808. The van der Waals surface area contributed by atoms with E-state index < -0.39 is 12.2 Å². The van der Waals surface area contributed by atoms with Crippen molar-refractivity contribution in [3.05, 3.63) is 46.4 Å². The number of rotatable bonds is 6. The van der Waals surface area contributed by atoms with Crippen molar-refractivity contribution in [1.29, 1.82) is 0 Å². The zero-order valence-electron chi connectivity index (χ0n) is 17.2. The Morgan fingerprint density at radius 3 is 2.60 bits per heavy atom. The number of carbonyl (C=O) groups is 2. The summed E-state index contributed by atoms with van der Waals surface area (Å²) >= 11 is 12.0. The van der Waals surface area contributed by atoms with Crippen molar-refractivity contribution >= 4 is 46.4 Å². The normalized spacial score (nSPS) is 16.7. The maximum Gasteiger partial charge on any atom is 0.267 e. The zero-order chi connectivity index (χ0) is 22.0. The second kappa shape index (κ2) is 9.14. The Morgan fingerprint density at radius 1 is 1.20 bits per heavy atom. The molecule has 2 aromatic carbocycles. The highest BCUT2D eigenvalue weighted by atomic mass is 35.5. The van der Waals surface area contributed by atoms with E-state index in [1.54, 1.807) is 55.1 Å². The molecule has 8 heteroatoms. The van der Waals surface area contributed by atoms with Gasteiger partial charge in [-0.3, -0.25) is 9.59 Å². The molecule has 2 aromatic rings. The fraction of sp³-hybridized carbons (Fsp3) is 0.364. The van der Waals surface area contributed by atoms with Crippen molar-refractivity contribution in [3.8, 4) is 11.5 Å². The third-order valence-corrected chi connectivity index (χ3v) is 5.08. The molecule has 2 unspecified atom stereocenters. The van der Waals surface area contributed by atoms with Gasteiger partial charge in [-0.05, 0) is 50.1 Å². The number of hydrogen-bond acceptors (Lipinski definition) is 4. The first-order chi connectivity index (χ1) is 14.2. The highest BCUT2D eigenvalue weighted by molar-refractivity contribution is 6.35. The molecule has 1 N–H and O–H groups in total. The lowest BCUT2D eigenvalue weighted by Gasteiger charge is -2.34. The molecule has 3 rings (SSSR count). The van der Waals surface area contributed by atoms with Crippen LogP contribution < -0.4 is 19.7 Å². The van der Waals surface area contributed by atoms with Crippen molar-refractivity contribution < 1.29 is 19.1 Å². The number of nitrogens with one attached hydrogen (secondary N) is 1. The molecule has 0 radical (unpaired) electrons. The van der Waals surface area contributed by atoms with Gasteiger partial charge in [0.05, 0.1) is 10.7 Å². The molecule has 1 aliphatic rings. The molecule has 2 atom stereocenters. The van der Waals surface area contributed by atoms with E-state index >= 15 is 0 Å². The molecule has 0 aliphatic carbocycles. The lowest BCUT2D eigenvalue weighted by Crippen LogP contribution is -2.46. The standard InChI is InChI=1S/C22H24Cl2N2O4/c1-12(2)11-26-18-7-6-16(10-20(18)30-14(4)22(26)28)25-21(27)13(3)29-19-8-5-15(23)9-17(19)24/h5-10,12-14H,11H2,1-4H3,(H,25,27). The van der Waals surface area contributed by atoms with Crippen molar-refractivity contribution in [2.24, 2.45) is 5.92 Å². The topological polar surface area (TPSA) is 67.9 Å². The molecule has 0 saturated heterocycles. The molecule has 0 aromatic heterocycles. The first kappa shape index (κ1) is 22.2. The van der Waals surface area contributed by atoms with Crippen LogP contribution in [0, 0.1) is 5.92 Å². The van der Waals surface area contributed by atoms with Crippen molar-refractivity contribution in [2.45, 2.75) is 39.9 Å². The fourth-order valence-electron chi connectivity index (χ4n) is 3.10. The summed E-state index contributed by atoms with van der Waals surface area (Å²) in [7, 11) is 0. The van der Waals surface area contributed by atoms with Crippen LogP contribution in [0.5, 0.6) is 11.5 Å². The second-order valence-corrected chi connectivity index (χ2v) is 8.45. The molecule has 0 saturated carbocycles. The molecule has 0 fully saturated rings. The van der Waals surface area contributed by atoms with Crippen molar-refractivity contribution in [2.75, 3.05) is 16.8 Å². The van der Waals surface area contributed by atoms with Crippen LogP contribution in [0.25, 0.3) is 0 Å². The van der Waals surface area contributed by atoms with E-state index in [0.29, 0.717) is 45.4 Å². The summed E-state index contributed by atoms with van der Waals surface area (Å²) in [6.45, 7) is 8.04. The lowest BCUT2D eigenvalue weighted by molar-refractivity contribution is -0.125. The van der Waals surface area contributed by atoms with E-state index in [-0.39, 0.29) is 11.8 Å². The van der Waals surface area contributed by atoms with Gasteiger partial charge in [-0.2, -0.15) is 0 Å². The van der Waals surface area contributed by atoms with Crippen LogP contribution >= 0.6 is 23.2 Å². The number of benzene rings is 2. The van der Waals surface area contributed by atoms with Crippen LogP contribution in [0.3, 0.4) is 0 Å². The maximum atomic E-state index is 12.6. The Bertz CT molecular complexity index is 964. The Balaban J connectivity index is 1.73. The van der Waals surface area contributed by atoms with E-state index in [4.69, 9.17) is 32.7 Å². The number of hydrogen-bond donors (Lipinski definition) is 1. The Labute approximate surface area is 186 Å². The van der Waals surface area contributed by atoms with Crippen LogP contribution in [0.4, 0.5) is 11.4 Å². The Morgan fingerprint density at radius 2 is 1.93 bits per heavy atom. The Hall–Kier alpha value is -2.44. The molecular formula is C22H24Cl2N2O4. The minimum atomic E-state index is -0.793. The second-order valence-electron chi connectivity index (χ2n) is 7.61. The van der Waals surface area contributed by atoms with E-state index in [0.717, 1.165) is 0 Å². The highest BCUT2D eigenvalue weighted by Gasteiger charge is 2.32. The molecule has 0 spiro atoms. The van der Waals surface area contributed by atoms with Gasteiger partial charge in [0, 0.05) is 23.3 Å². The summed E-state index contributed by atoms with van der Waals surface area (Å²) in [4.78, 5) is 26.8. The molecule has 6 nitrogen and oxygen atoms in total. The molecule has 1 heterocycles. The zero-order valence-corrected chi connectivity index (χ0v) is 18.8. The summed E-state index contributed by atoms with van der Waals surface area (Å²) in [6.07, 6.45) is -1.38. The van der Waals surface area contributed by atoms with Crippen LogP contribution in [-0.2, 0) is 9.59 Å². The first-order valence-corrected chi connectivity index (χ1v) is 10.5. The molecule has 0 bridgehead atoms. The van der Waals surface area contributed by atoms with Gasteiger partial charge in [0.2, 0.25) is 0 Å². The average molecular weight is 451 g/mol. The minimum absolute atomic E-state index is 0.0742. The third-order valence-electron chi connectivity index (χ3n) is 4.55. The highest BCUT2D eigenvalue weighted by Crippen LogP contribution is 2.37.